The molecule has 0 spiro atoms. The van der Waals surface area contributed by atoms with Gasteiger partial charge in [-0.25, -0.2) is 0 Å². The summed E-state index contributed by atoms with van der Waals surface area (Å²) < 4.78 is 9.04. The van der Waals surface area contributed by atoms with E-state index in [1.165, 1.54) is 4.90 Å². The molecule has 0 saturated heterocycles. The zero-order chi connectivity index (χ0) is 23.1. The van der Waals surface area contributed by atoms with Crippen molar-refractivity contribution in [3.8, 4) is 5.75 Å². The number of anilines is 1. The molecule has 0 atom stereocenters. The molecule has 0 fully saturated rings. The number of nitrogens with one attached hydrogen (secondary N) is 1. The maximum atomic E-state index is 13.2. The number of amides is 3. The lowest BCUT2D eigenvalue weighted by Gasteiger charge is -2.22. The number of benzene rings is 2. The fraction of sp³-hybridized carbons (Fsp3) is 0.182. The molecule has 3 aromatic rings. The van der Waals surface area contributed by atoms with Crippen LogP contribution in [0.1, 0.15) is 31.3 Å². The van der Waals surface area contributed by atoms with Gasteiger partial charge in [0.2, 0.25) is 5.91 Å². The van der Waals surface area contributed by atoms with Crippen molar-refractivity contribution in [2.75, 3.05) is 19.4 Å². The second kappa shape index (κ2) is 10.4. The van der Waals surface area contributed by atoms with E-state index in [0.717, 1.165) is 22.7 Å². The third-order valence-electron chi connectivity index (χ3n) is 4.64. The number of hydrogen-bond acceptors (Lipinski definition) is 7. The number of nitrogens with zero attached hydrogens (tertiary/aromatic N) is 2. The number of primary amides is 1. The van der Waals surface area contributed by atoms with Crippen LogP contribution in [-0.4, -0.2) is 40.6 Å². The number of ether oxygens (including phenoxy) is 1. The van der Waals surface area contributed by atoms with Crippen molar-refractivity contribution in [2.45, 2.75) is 13.1 Å². The van der Waals surface area contributed by atoms with E-state index in [2.05, 4.69) is 9.69 Å². The van der Waals surface area contributed by atoms with Crippen LogP contribution in [0.4, 0.5) is 5.69 Å². The first-order valence-electron chi connectivity index (χ1n) is 9.66. The van der Waals surface area contributed by atoms with Crippen LogP contribution in [0.25, 0.3) is 0 Å². The quantitative estimate of drug-likeness (QED) is 0.451. The first kappa shape index (κ1) is 22.8. The molecule has 2 aromatic carbocycles. The Morgan fingerprint density at radius 3 is 2.34 bits per heavy atom. The number of hydrogen-bond donors (Lipinski definition) is 3. The minimum absolute atomic E-state index is 0.0585. The van der Waals surface area contributed by atoms with Crippen LogP contribution in [0, 0.1) is 0 Å². The molecule has 1 aromatic heterocycles. The van der Waals surface area contributed by atoms with Crippen LogP contribution in [-0.2, 0) is 17.9 Å². The Kier molecular flexibility index (Phi) is 7.40. The minimum atomic E-state index is -0.819. The molecule has 0 aliphatic rings. The lowest BCUT2D eigenvalue weighted by atomic mass is 10.2. The zero-order valence-electron chi connectivity index (χ0n) is 17.4. The summed E-state index contributed by atoms with van der Waals surface area (Å²) in [7, 11) is 1.56. The number of nitrogens with two attached hydrogens (primary N) is 2. The van der Waals surface area contributed by atoms with E-state index in [4.69, 9.17) is 16.2 Å². The summed E-state index contributed by atoms with van der Waals surface area (Å²) in [5.74, 6) is -1.00. The van der Waals surface area contributed by atoms with Crippen LogP contribution in [0.3, 0.4) is 0 Å². The van der Waals surface area contributed by atoms with Gasteiger partial charge in [-0.3, -0.25) is 14.4 Å². The summed E-state index contributed by atoms with van der Waals surface area (Å²) in [6, 6.07) is 16.6. The third-order valence-corrected chi connectivity index (χ3v) is 5.49. The van der Waals surface area contributed by atoms with Crippen LogP contribution in [0.5, 0.6) is 5.75 Å². The Morgan fingerprint density at radius 1 is 1.06 bits per heavy atom. The normalized spacial score (nSPS) is 10.4. The van der Waals surface area contributed by atoms with Gasteiger partial charge in [-0.1, -0.05) is 42.5 Å². The number of methoxy groups -OCH3 is 1. The van der Waals surface area contributed by atoms with Crippen LogP contribution in [0.15, 0.2) is 54.6 Å². The molecule has 3 rings (SSSR count). The van der Waals surface area contributed by atoms with Gasteiger partial charge in [0, 0.05) is 13.1 Å². The molecule has 9 nitrogen and oxygen atoms in total. The van der Waals surface area contributed by atoms with Crippen LogP contribution < -0.4 is 21.5 Å². The zero-order valence-corrected chi connectivity index (χ0v) is 18.2. The smallest absolute Gasteiger partial charge is 0.270 e. The third kappa shape index (κ3) is 5.61. The minimum Gasteiger partial charge on any atom is -0.497 e. The maximum absolute atomic E-state index is 13.2. The van der Waals surface area contributed by atoms with Crippen LogP contribution in [0.2, 0.25) is 0 Å². The van der Waals surface area contributed by atoms with E-state index in [-0.39, 0.29) is 35.3 Å². The molecule has 10 heteroatoms. The molecule has 0 radical (unpaired) electrons. The van der Waals surface area contributed by atoms with E-state index in [1.54, 1.807) is 31.4 Å². The second-order valence-corrected chi connectivity index (χ2v) is 7.68. The Hall–Kier alpha value is -3.92. The molecule has 0 bridgehead atoms. The van der Waals surface area contributed by atoms with Crippen LogP contribution >= 0.6 is 11.5 Å². The van der Waals surface area contributed by atoms with Gasteiger partial charge in [0.1, 0.15) is 17.2 Å². The molecular weight excluding hydrogens is 430 g/mol. The molecule has 5 N–H and O–H groups in total. The molecule has 3 amide bonds. The highest BCUT2D eigenvalue weighted by atomic mass is 32.1. The summed E-state index contributed by atoms with van der Waals surface area (Å²) in [6.07, 6.45) is 0. The van der Waals surface area contributed by atoms with Gasteiger partial charge >= 0.3 is 0 Å². The average Bonchev–Trinajstić information content (AvgIpc) is 3.19. The molecule has 0 aliphatic carbocycles. The summed E-state index contributed by atoms with van der Waals surface area (Å²) in [4.78, 5) is 38.7. The SMILES string of the molecule is COc1ccc(CN(CC(=O)NCc2ccccc2)C(=O)c2snc(C(N)=O)c2N)cc1. The summed E-state index contributed by atoms with van der Waals surface area (Å²) in [5.41, 5.74) is 12.7. The van der Waals surface area contributed by atoms with Crippen molar-refractivity contribution < 1.29 is 19.1 Å². The summed E-state index contributed by atoms with van der Waals surface area (Å²) in [5, 5.41) is 2.81. The largest absolute Gasteiger partial charge is 0.497 e. The number of carbonyl (C=O) groups excluding carboxylic acids is 3. The van der Waals surface area contributed by atoms with E-state index in [0.29, 0.717) is 12.3 Å². The van der Waals surface area contributed by atoms with E-state index < -0.39 is 11.8 Å². The van der Waals surface area contributed by atoms with Crippen molar-refractivity contribution in [1.82, 2.24) is 14.6 Å². The highest BCUT2D eigenvalue weighted by Gasteiger charge is 2.26. The molecular formula is C22H23N5O4S. The molecule has 0 unspecified atom stereocenters. The Balaban J connectivity index is 1.78. The highest BCUT2D eigenvalue weighted by molar-refractivity contribution is 7.09. The van der Waals surface area contributed by atoms with Crippen molar-refractivity contribution in [3.05, 3.63) is 76.3 Å². The topological polar surface area (TPSA) is 141 Å². The molecule has 166 valence electrons. The Morgan fingerprint density at radius 2 is 1.75 bits per heavy atom. The molecule has 32 heavy (non-hydrogen) atoms. The number of nitrogen functional groups attached to an aromatic ring is 1. The summed E-state index contributed by atoms with van der Waals surface area (Å²) >= 11 is 0.776. The fourth-order valence-electron chi connectivity index (χ4n) is 2.95. The van der Waals surface area contributed by atoms with E-state index in [9.17, 15) is 14.4 Å². The number of carbonyl (C=O) groups is 3. The van der Waals surface area contributed by atoms with Crippen molar-refractivity contribution in [3.63, 3.8) is 0 Å². The average molecular weight is 454 g/mol. The van der Waals surface area contributed by atoms with Gasteiger partial charge in [-0.2, -0.15) is 4.37 Å². The first-order chi connectivity index (χ1) is 15.4. The first-order valence-corrected chi connectivity index (χ1v) is 10.4. The van der Waals surface area contributed by atoms with Gasteiger partial charge in [0.15, 0.2) is 5.69 Å². The van der Waals surface area contributed by atoms with Gasteiger partial charge < -0.3 is 26.4 Å². The second-order valence-electron chi connectivity index (χ2n) is 6.91. The Labute approximate surface area is 189 Å². The van der Waals surface area contributed by atoms with Gasteiger partial charge in [0.25, 0.3) is 11.8 Å². The van der Waals surface area contributed by atoms with Crippen molar-refractivity contribution >= 4 is 34.9 Å². The fourth-order valence-corrected chi connectivity index (χ4v) is 3.72. The standard InChI is InChI=1S/C22H23N5O4S/c1-31-16-9-7-15(8-10-16)12-27(13-17(28)25-11-14-5-3-2-4-6-14)22(30)20-18(23)19(21(24)29)26-32-20/h2-10H,11-13,23H2,1H3,(H2,24,29)(H,25,28). The lowest BCUT2D eigenvalue weighted by Crippen LogP contribution is -2.40. The monoisotopic (exact) mass is 453 g/mol. The van der Waals surface area contributed by atoms with Crippen molar-refractivity contribution in [2.24, 2.45) is 5.73 Å². The lowest BCUT2D eigenvalue weighted by molar-refractivity contribution is -0.122. The van der Waals surface area contributed by atoms with Gasteiger partial charge in [-0.15, -0.1) is 0 Å². The molecule has 0 aliphatic heterocycles. The predicted molar refractivity (Wildman–Crippen MR) is 121 cm³/mol. The maximum Gasteiger partial charge on any atom is 0.270 e. The van der Waals surface area contributed by atoms with E-state index >= 15 is 0 Å². The number of aromatic nitrogens is 1. The van der Waals surface area contributed by atoms with Crippen molar-refractivity contribution in [1.29, 1.82) is 0 Å². The highest BCUT2D eigenvalue weighted by Crippen LogP contribution is 2.24. The van der Waals surface area contributed by atoms with Gasteiger partial charge in [0.05, 0.1) is 12.8 Å². The Bertz CT molecular complexity index is 1100. The molecule has 0 saturated carbocycles. The summed E-state index contributed by atoms with van der Waals surface area (Å²) in [6.45, 7) is 0.268. The number of rotatable bonds is 9. The molecule has 1 heterocycles. The van der Waals surface area contributed by atoms with E-state index in [1.807, 2.05) is 30.3 Å². The van der Waals surface area contributed by atoms with Gasteiger partial charge in [-0.05, 0) is 34.8 Å². The predicted octanol–water partition coefficient (Wildman–Crippen LogP) is 1.79.